The van der Waals surface area contributed by atoms with E-state index in [1.807, 2.05) is 6.08 Å². The fourth-order valence-electron chi connectivity index (χ4n) is 12.7. The van der Waals surface area contributed by atoms with Crippen molar-refractivity contribution >= 4 is 11.9 Å². The van der Waals surface area contributed by atoms with Gasteiger partial charge in [-0.3, -0.25) is 9.59 Å². The molecule has 2 atom stereocenters. The van der Waals surface area contributed by atoms with Crippen LogP contribution in [0.1, 0.15) is 450 Å². The first-order valence-corrected chi connectivity index (χ1v) is 39.6. The maximum absolute atomic E-state index is 12.6. The number of esters is 1. The van der Waals surface area contributed by atoms with Gasteiger partial charge in [0, 0.05) is 12.8 Å². The standard InChI is InChI=1S/C80H155NO5/c1-3-5-7-9-11-13-15-17-19-20-21-22-32-35-38-41-45-48-52-56-60-64-68-72-78(83)77(76-82)81-79(84)73-69-65-61-57-53-49-46-42-39-36-33-30-28-26-24-23-25-27-29-31-34-37-40-43-47-51-55-59-63-67-71-75-86-80(85)74-70-66-62-58-54-50-44-18-16-14-12-10-8-6-4-2/h18,44,68,72,77-78,82-83H,3-17,19-43,45-67,69-71,73-76H2,1-2H3,(H,81,84)/b44-18-,72-68+. The third kappa shape index (κ3) is 71.4. The summed E-state index contributed by atoms with van der Waals surface area (Å²) >= 11 is 0. The van der Waals surface area contributed by atoms with E-state index in [2.05, 4.69) is 31.3 Å². The summed E-state index contributed by atoms with van der Waals surface area (Å²) in [6.45, 7) is 4.95. The van der Waals surface area contributed by atoms with Crippen LogP contribution in [0.4, 0.5) is 0 Å². The Morgan fingerprint density at radius 1 is 0.314 bits per heavy atom. The van der Waals surface area contributed by atoms with Crippen molar-refractivity contribution in [2.24, 2.45) is 0 Å². The van der Waals surface area contributed by atoms with E-state index in [1.165, 1.54) is 379 Å². The number of ether oxygens (including phenoxy) is 1. The number of hydrogen-bond donors (Lipinski definition) is 3. The third-order valence-electron chi connectivity index (χ3n) is 18.7. The van der Waals surface area contributed by atoms with Crippen molar-refractivity contribution < 1.29 is 24.5 Å². The van der Waals surface area contributed by atoms with Crippen LogP contribution in [0.15, 0.2) is 24.3 Å². The monoisotopic (exact) mass is 1210 g/mol. The Hall–Kier alpha value is -1.66. The molecule has 0 spiro atoms. The van der Waals surface area contributed by atoms with Gasteiger partial charge in [0.15, 0.2) is 0 Å². The van der Waals surface area contributed by atoms with Gasteiger partial charge in [0.05, 0.1) is 25.4 Å². The summed E-state index contributed by atoms with van der Waals surface area (Å²) in [5, 5.41) is 23.3. The molecule has 0 bridgehead atoms. The summed E-state index contributed by atoms with van der Waals surface area (Å²) in [6, 6.07) is -0.626. The van der Waals surface area contributed by atoms with Crippen molar-refractivity contribution in [3.8, 4) is 0 Å². The third-order valence-corrected chi connectivity index (χ3v) is 18.7. The Labute approximate surface area is 539 Å². The van der Waals surface area contributed by atoms with E-state index in [0.29, 0.717) is 19.4 Å². The molecule has 86 heavy (non-hydrogen) atoms. The number of hydrogen-bond acceptors (Lipinski definition) is 5. The molecule has 0 aliphatic heterocycles. The number of rotatable bonds is 75. The minimum absolute atomic E-state index is 0.0134. The van der Waals surface area contributed by atoms with E-state index < -0.39 is 12.1 Å². The number of carbonyl (C=O) groups is 2. The van der Waals surface area contributed by atoms with Gasteiger partial charge in [0.25, 0.3) is 0 Å². The second-order valence-electron chi connectivity index (χ2n) is 27.4. The maximum atomic E-state index is 12.6. The molecule has 0 rings (SSSR count). The fraction of sp³-hybridized carbons (Fsp3) is 0.925. The van der Waals surface area contributed by atoms with E-state index in [1.54, 1.807) is 6.08 Å². The molecule has 0 aromatic carbocycles. The van der Waals surface area contributed by atoms with Crippen LogP contribution in [-0.4, -0.2) is 47.4 Å². The quantitative estimate of drug-likeness (QED) is 0.0320. The number of aliphatic hydroxyl groups is 2. The molecule has 3 N–H and O–H groups in total. The molecule has 0 heterocycles. The van der Waals surface area contributed by atoms with Crippen LogP contribution < -0.4 is 5.32 Å². The number of nitrogens with one attached hydrogen (secondary N) is 1. The highest BCUT2D eigenvalue weighted by Gasteiger charge is 2.18. The number of unbranched alkanes of at least 4 members (excludes halogenated alkanes) is 62. The lowest BCUT2D eigenvalue weighted by Crippen LogP contribution is -2.45. The zero-order chi connectivity index (χ0) is 62.0. The van der Waals surface area contributed by atoms with Gasteiger partial charge in [-0.2, -0.15) is 0 Å². The fourth-order valence-corrected chi connectivity index (χ4v) is 12.7. The molecule has 2 unspecified atom stereocenters. The van der Waals surface area contributed by atoms with Gasteiger partial charge >= 0.3 is 5.97 Å². The van der Waals surface area contributed by atoms with Crippen LogP contribution in [0.5, 0.6) is 0 Å². The van der Waals surface area contributed by atoms with Crippen LogP contribution in [-0.2, 0) is 14.3 Å². The van der Waals surface area contributed by atoms with E-state index in [0.717, 1.165) is 44.9 Å². The lowest BCUT2D eigenvalue weighted by molar-refractivity contribution is -0.143. The molecular formula is C80H155NO5. The predicted molar refractivity (Wildman–Crippen MR) is 380 cm³/mol. The zero-order valence-corrected chi connectivity index (χ0v) is 58.6. The number of carbonyl (C=O) groups excluding carboxylic acids is 2. The molecule has 0 aromatic rings. The number of amides is 1. The first kappa shape index (κ1) is 84.3. The van der Waals surface area contributed by atoms with E-state index >= 15 is 0 Å². The summed E-state index contributed by atoms with van der Waals surface area (Å²) in [6.07, 6.45) is 97.3. The highest BCUT2D eigenvalue weighted by molar-refractivity contribution is 5.76. The average molecular weight is 1210 g/mol. The van der Waals surface area contributed by atoms with Crippen LogP contribution in [0.3, 0.4) is 0 Å². The van der Waals surface area contributed by atoms with Crippen molar-refractivity contribution in [1.29, 1.82) is 0 Å². The molecule has 510 valence electrons. The predicted octanol–water partition coefficient (Wildman–Crippen LogP) is 26.0. The Balaban J connectivity index is 3.35. The van der Waals surface area contributed by atoms with Crippen LogP contribution in [0.25, 0.3) is 0 Å². The largest absolute Gasteiger partial charge is 0.466 e. The van der Waals surface area contributed by atoms with E-state index in [4.69, 9.17) is 4.74 Å². The lowest BCUT2D eigenvalue weighted by atomic mass is 10.0. The first-order valence-electron chi connectivity index (χ1n) is 39.6. The molecule has 0 radical (unpaired) electrons. The van der Waals surface area contributed by atoms with Gasteiger partial charge in [-0.15, -0.1) is 0 Å². The summed E-state index contributed by atoms with van der Waals surface area (Å²) < 4.78 is 5.50. The summed E-state index contributed by atoms with van der Waals surface area (Å²) in [5.41, 5.74) is 0. The zero-order valence-electron chi connectivity index (χ0n) is 58.6. The normalized spacial score (nSPS) is 12.6. The average Bonchev–Trinajstić information content (AvgIpc) is 3.54. The highest BCUT2D eigenvalue weighted by atomic mass is 16.5. The molecule has 0 aromatic heterocycles. The molecule has 0 aliphatic rings. The second kappa shape index (κ2) is 75.8. The first-order chi connectivity index (χ1) is 42.5. The van der Waals surface area contributed by atoms with Gasteiger partial charge in [0.2, 0.25) is 5.91 Å². The Kier molecular flexibility index (Phi) is 74.3. The van der Waals surface area contributed by atoms with Crippen molar-refractivity contribution in [3.05, 3.63) is 24.3 Å². The van der Waals surface area contributed by atoms with E-state index in [9.17, 15) is 19.8 Å². The van der Waals surface area contributed by atoms with E-state index in [-0.39, 0.29) is 18.5 Å². The number of allylic oxidation sites excluding steroid dienone is 3. The lowest BCUT2D eigenvalue weighted by Gasteiger charge is -2.20. The van der Waals surface area contributed by atoms with Crippen molar-refractivity contribution in [3.63, 3.8) is 0 Å². The van der Waals surface area contributed by atoms with Crippen molar-refractivity contribution in [2.75, 3.05) is 13.2 Å². The highest BCUT2D eigenvalue weighted by Crippen LogP contribution is 2.20. The van der Waals surface area contributed by atoms with Gasteiger partial charge in [-0.1, -0.05) is 404 Å². The summed E-state index contributed by atoms with van der Waals surface area (Å²) in [5.74, 6) is -0.0452. The summed E-state index contributed by atoms with van der Waals surface area (Å²) in [7, 11) is 0. The summed E-state index contributed by atoms with van der Waals surface area (Å²) in [4.78, 5) is 24.6. The molecule has 1 amide bonds. The Bertz CT molecular complexity index is 1350. The SMILES string of the molecule is CCCCCCCC/C=C\CCCCCCCC(=O)OCCCCCCCCCCCCCCCCCCCCCCCCCCCCCCCCCC(=O)NC(CO)C(O)/C=C/CCCCCCCCCCCCCCCCCCCCCCC. The molecule has 0 aliphatic carbocycles. The Morgan fingerprint density at radius 2 is 0.547 bits per heavy atom. The van der Waals surface area contributed by atoms with Gasteiger partial charge in [-0.05, 0) is 57.8 Å². The molecule has 0 saturated carbocycles. The molecular weight excluding hydrogens is 1050 g/mol. The number of aliphatic hydroxyl groups excluding tert-OH is 2. The van der Waals surface area contributed by atoms with Crippen molar-refractivity contribution in [1.82, 2.24) is 5.32 Å². The van der Waals surface area contributed by atoms with Crippen LogP contribution >= 0.6 is 0 Å². The Morgan fingerprint density at radius 3 is 0.826 bits per heavy atom. The molecule has 0 saturated heterocycles. The van der Waals surface area contributed by atoms with Crippen molar-refractivity contribution in [2.45, 2.75) is 463 Å². The minimum Gasteiger partial charge on any atom is -0.466 e. The van der Waals surface area contributed by atoms with Gasteiger partial charge < -0.3 is 20.3 Å². The minimum atomic E-state index is -0.843. The molecule has 0 fully saturated rings. The van der Waals surface area contributed by atoms with Gasteiger partial charge in [0.1, 0.15) is 0 Å². The second-order valence-corrected chi connectivity index (χ2v) is 27.4. The van der Waals surface area contributed by atoms with Crippen LogP contribution in [0, 0.1) is 0 Å². The molecule has 6 nitrogen and oxygen atoms in total. The smallest absolute Gasteiger partial charge is 0.305 e. The topological polar surface area (TPSA) is 95.9 Å². The van der Waals surface area contributed by atoms with Gasteiger partial charge in [-0.25, -0.2) is 0 Å². The van der Waals surface area contributed by atoms with Crippen LogP contribution in [0.2, 0.25) is 0 Å². The molecule has 6 heteroatoms. The maximum Gasteiger partial charge on any atom is 0.305 e.